The van der Waals surface area contributed by atoms with E-state index >= 15 is 0 Å². The Morgan fingerprint density at radius 1 is 0.593 bits per heavy atom. The van der Waals surface area contributed by atoms with E-state index in [1.54, 1.807) is 0 Å². The fourth-order valence-electron chi connectivity index (χ4n) is 1.32. The Labute approximate surface area is 169 Å². The van der Waals surface area contributed by atoms with E-state index in [-0.39, 0.29) is 23.9 Å². The minimum Gasteiger partial charge on any atom is -0.547 e. The number of carboxylic acids is 2. The van der Waals surface area contributed by atoms with Crippen LogP contribution in [0.4, 0.5) is 0 Å². The number of aliphatic hydroxyl groups excluding tert-OH is 10. The van der Waals surface area contributed by atoms with Crippen molar-refractivity contribution in [3.05, 3.63) is 0 Å². The molecule has 14 nitrogen and oxygen atoms in total. The Balaban J connectivity index is -0.000000411. The number of aliphatic carboxylic acids is 2. The number of hydrogen-bond donors (Lipinski definition) is 10. The van der Waals surface area contributed by atoms with E-state index in [0.29, 0.717) is 0 Å². The topological polar surface area (TPSA) is 283 Å². The van der Waals surface area contributed by atoms with Gasteiger partial charge in [-0.25, -0.2) is 0 Å². The van der Waals surface area contributed by atoms with E-state index in [4.69, 9.17) is 51.1 Å². The minimum atomic E-state index is -2.31. The molecular formula is C12H22O14Sn. The van der Waals surface area contributed by atoms with Crippen LogP contribution in [-0.4, -0.2) is 149 Å². The van der Waals surface area contributed by atoms with Crippen molar-refractivity contribution in [1.82, 2.24) is 0 Å². The summed E-state index contributed by atoms with van der Waals surface area (Å²) in [6, 6.07) is 0. The molecule has 0 spiro atoms. The molecule has 0 amide bonds. The third kappa shape index (κ3) is 11.1. The van der Waals surface area contributed by atoms with Crippen molar-refractivity contribution in [2.45, 2.75) is 48.8 Å². The average Bonchev–Trinajstić information content (AvgIpc) is 2.62. The molecule has 0 bridgehead atoms. The van der Waals surface area contributed by atoms with Gasteiger partial charge in [-0.05, 0) is 0 Å². The number of carbonyl (C=O) groups is 2. The number of carboxylic acid groups (broad SMARTS) is 2. The maximum absolute atomic E-state index is 9.98. The van der Waals surface area contributed by atoms with Crippen LogP contribution < -0.4 is 10.2 Å². The Morgan fingerprint density at radius 3 is 0.963 bits per heavy atom. The maximum Gasteiger partial charge on any atom is 2.00 e. The normalized spacial score (nSPS) is 19.6. The Bertz CT molecular complexity index is 385. The van der Waals surface area contributed by atoms with Gasteiger partial charge in [0, 0.05) is 0 Å². The molecule has 0 aromatic carbocycles. The van der Waals surface area contributed by atoms with Crippen LogP contribution >= 0.6 is 0 Å². The predicted molar refractivity (Wildman–Crippen MR) is 78.0 cm³/mol. The first-order valence-electron chi connectivity index (χ1n) is 6.91. The van der Waals surface area contributed by atoms with Gasteiger partial charge in [0.1, 0.15) is 48.8 Å². The standard InChI is InChI=1S/2C6H12O7.Sn/c2*7-1-2(8)3(9)4(10)5(11)6(12)13;/h2*2-5,7-11H,1H2,(H,12,13);/q;;+2/p-2/t2*2-,3-,4+,5-;/m11./s1. The average molecular weight is 509 g/mol. The van der Waals surface area contributed by atoms with E-state index in [9.17, 15) is 19.8 Å². The molecule has 0 rings (SSSR count). The van der Waals surface area contributed by atoms with Crippen molar-refractivity contribution in [3.8, 4) is 0 Å². The molecule has 0 fully saturated rings. The van der Waals surface area contributed by atoms with Crippen LogP contribution in [0, 0.1) is 0 Å². The molecule has 0 heterocycles. The van der Waals surface area contributed by atoms with Crippen molar-refractivity contribution in [3.63, 3.8) is 0 Å². The Kier molecular flexibility index (Phi) is 17.6. The summed E-state index contributed by atoms with van der Waals surface area (Å²) in [4.78, 5) is 20.0. The molecule has 10 N–H and O–H groups in total. The third-order valence-electron chi connectivity index (χ3n) is 2.99. The largest absolute Gasteiger partial charge is 2.00 e. The number of rotatable bonds is 10. The number of aliphatic hydroxyl groups is 10. The third-order valence-corrected chi connectivity index (χ3v) is 2.99. The Hall–Kier alpha value is -0.661. The second-order valence-electron chi connectivity index (χ2n) is 4.99. The molecule has 0 saturated heterocycles. The van der Waals surface area contributed by atoms with Crippen molar-refractivity contribution in [1.29, 1.82) is 0 Å². The van der Waals surface area contributed by atoms with Gasteiger partial charge in [-0.2, -0.15) is 0 Å². The van der Waals surface area contributed by atoms with Crippen molar-refractivity contribution >= 4 is 35.8 Å². The van der Waals surface area contributed by atoms with Crippen LogP contribution in [0.15, 0.2) is 0 Å². The van der Waals surface area contributed by atoms with Crippen molar-refractivity contribution in [2.24, 2.45) is 0 Å². The molecule has 0 aromatic rings. The molecule has 0 aliphatic heterocycles. The fourth-order valence-corrected chi connectivity index (χ4v) is 1.32. The molecule has 0 aliphatic rings. The Morgan fingerprint density at radius 2 is 0.815 bits per heavy atom. The van der Waals surface area contributed by atoms with Gasteiger partial charge in [-0.3, -0.25) is 0 Å². The van der Waals surface area contributed by atoms with Crippen LogP contribution in [0.5, 0.6) is 0 Å². The first kappa shape index (κ1) is 31.0. The molecule has 0 aliphatic carbocycles. The zero-order valence-electron chi connectivity index (χ0n) is 13.6. The molecule has 27 heavy (non-hydrogen) atoms. The zero-order valence-corrected chi connectivity index (χ0v) is 16.5. The number of carbonyl (C=O) groups excluding carboxylic acids is 2. The van der Waals surface area contributed by atoms with Gasteiger partial charge in [-0.15, -0.1) is 0 Å². The number of hydrogen-bond acceptors (Lipinski definition) is 14. The molecule has 0 unspecified atom stereocenters. The van der Waals surface area contributed by atoms with Crippen LogP contribution in [-0.2, 0) is 9.59 Å². The van der Waals surface area contributed by atoms with Crippen LogP contribution in [0.1, 0.15) is 0 Å². The molecular weight excluding hydrogens is 487 g/mol. The van der Waals surface area contributed by atoms with E-state index in [1.807, 2.05) is 0 Å². The van der Waals surface area contributed by atoms with Gasteiger partial charge in [0.05, 0.1) is 25.2 Å². The van der Waals surface area contributed by atoms with E-state index in [0.717, 1.165) is 0 Å². The van der Waals surface area contributed by atoms with Crippen molar-refractivity contribution in [2.75, 3.05) is 13.2 Å². The van der Waals surface area contributed by atoms with Gasteiger partial charge in [0.15, 0.2) is 0 Å². The molecule has 2 radical (unpaired) electrons. The summed E-state index contributed by atoms with van der Waals surface area (Å²) in [6.45, 7) is -1.73. The van der Waals surface area contributed by atoms with Crippen LogP contribution in [0.25, 0.3) is 0 Å². The summed E-state index contributed by atoms with van der Waals surface area (Å²) < 4.78 is 0. The van der Waals surface area contributed by atoms with Gasteiger partial charge in [0.25, 0.3) is 0 Å². The fraction of sp³-hybridized carbons (Fsp3) is 0.833. The van der Waals surface area contributed by atoms with Crippen LogP contribution in [0.2, 0.25) is 0 Å². The van der Waals surface area contributed by atoms with Gasteiger partial charge < -0.3 is 70.9 Å². The zero-order chi connectivity index (χ0) is 21.2. The smallest absolute Gasteiger partial charge is 0.547 e. The predicted octanol–water partition coefficient (Wildman–Crippen LogP) is -10.0. The van der Waals surface area contributed by atoms with E-state index < -0.39 is 74.0 Å². The summed E-state index contributed by atoms with van der Waals surface area (Å²) in [5, 5.41) is 107. The maximum atomic E-state index is 9.98. The quantitative estimate of drug-likeness (QED) is 0.123. The second kappa shape index (κ2) is 15.3. The SMILES string of the molecule is O=C([O-])[C@H](O)[C@@H](O)[C@H](O)[C@H](O)CO.O=C([O-])[C@H](O)[C@@H](O)[C@H](O)[C@H](O)CO.[Sn+2]. The van der Waals surface area contributed by atoms with E-state index in [1.165, 1.54) is 0 Å². The van der Waals surface area contributed by atoms with E-state index in [2.05, 4.69) is 0 Å². The second-order valence-corrected chi connectivity index (χ2v) is 4.99. The minimum absolute atomic E-state index is 0. The monoisotopic (exact) mass is 510 g/mol. The summed E-state index contributed by atoms with van der Waals surface area (Å²) in [5.74, 6) is -3.95. The summed E-state index contributed by atoms with van der Waals surface area (Å²) in [6.07, 6.45) is -16.2. The summed E-state index contributed by atoms with van der Waals surface area (Å²) in [5.41, 5.74) is 0. The summed E-state index contributed by atoms with van der Waals surface area (Å²) >= 11 is 0. The van der Waals surface area contributed by atoms with Crippen LogP contribution in [0.3, 0.4) is 0 Å². The molecule has 0 aromatic heterocycles. The summed E-state index contributed by atoms with van der Waals surface area (Å²) in [7, 11) is 0. The van der Waals surface area contributed by atoms with Gasteiger partial charge in [0.2, 0.25) is 0 Å². The molecule has 8 atom stereocenters. The first-order chi connectivity index (χ1) is 11.8. The molecule has 0 saturated carbocycles. The van der Waals surface area contributed by atoms with Crippen molar-refractivity contribution < 1.29 is 70.9 Å². The first-order valence-corrected chi connectivity index (χ1v) is 6.91. The van der Waals surface area contributed by atoms with Gasteiger partial charge in [-0.1, -0.05) is 0 Å². The molecule has 158 valence electrons. The molecule has 15 heteroatoms. The van der Waals surface area contributed by atoms with Gasteiger partial charge >= 0.3 is 23.9 Å².